The molecule has 0 unspecified atom stereocenters. The fraction of sp³-hybridized carbons (Fsp3) is 1.00. The van der Waals surface area contributed by atoms with E-state index in [2.05, 4.69) is 53.2 Å². The highest BCUT2D eigenvalue weighted by atomic mass is 32.2. The maximum Gasteiger partial charge on any atom is 0.209 e. The molecular weight excluding hydrogens is 322 g/mol. The highest BCUT2D eigenvalue weighted by Gasteiger charge is 2.37. The Morgan fingerprint density at radius 2 is 1.25 bits per heavy atom. The molecule has 4 nitrogen and oxygen atoms in total. The first-order valence-electron chi connectivity index (χ1n) is 9.00. The van der Waals surface area contributed by atoms with E-state index in [9.17, 15) is 8.42 Å². The van der Waals surface area contributed by atoms with Crippen LogP contribution in [0, 0.1) is 10.8 Å². The van der Waals surface area contributed by atoms with Crippen LogP contribution in [0.15, 0.2) is 0 Å². The van der Waals surface area contributed by atoms with Gasteiger partial charge in [0.25, 0.3) is 0 Å². The smallest absolute Gasteiger partial charge is 0.209 e. The summed E-state index contributed by atoms with van der Waals surface area (Å²) in [6.07, 6.45) is 5.12. The summed E-state index contributed by atoms with van der Waals surface area (Å²) in [6, 6.07) is 0. The van der Waals surface area contributed by atoms with Crippen molar-refractivity contribution < 1.29 is 13.2 Å². The molecule has 0 aliphatic rings. The van der Waals surface area contributed by atoms with E-state index in [0.29, 0.717) is 0 Å². The van der Waals surface area contributed by atoms with E-state index in [-0.39, 0.29) is 16.4 Å². The highest BCUT2D eigenvalue weighted by molar-refractivity contribution is 7.88. The molecule has 0 spiro atoms. The van der Waals surface area contributed by atoms with Gasteiger partial charge in [0, 0.05) is 12.1 Å². The molecule has 0 aromatic heterocycles. The average molecular weight is 364 g/mol. The van der Waals surface area contributed by atoms with Gasteiger partial charge in [-0.2, -0.15) is 0 Å². The zero-order chi connectivity index (χ0) is 19.4. The molecule has 0 saturated heterocycles. The number of hydrogen-bond acceptors (Lipinski definition) is 3. The van der Waals surface area contributed by atoms with Gasteiger partial charge in [0.1, 0.15) is 0 Å². The summed E-state index contributed by atoms with van der Waals surface area (Å²) in [5.41, 5.74) is -0.174. The summed E-state index contributed by atoms with van der Waals surface area (Å²) < 4.78 is 31.5. The molecule has 0 saturated carbocycles. The third-order valence-corrected chi connectivity index (χ3v) is 6.08. The lowest BCUT2D eigenvalue weighted by Crippen LogP contribution is -2.43. The zero-order valence-corrected chi connectivity index (χ0v) is 18.5. The molecule has 0 aromatic carbocycles. The second kappa shape index (κ2) is 8.05. The minimum Gasteiger partial charge on any atom is -0.376 e. The second-order valence-corrected chi connectivity index (χ2v) is 11.8. The van der Waals surface area contributed by atoms with Crippen LogP contribution in [0.1, 0.15) is 88.0 Å². The van der Waals surface area contributed by atoms with Crippen molar-refractivity contribution in [3.05, 3.63) is 0 Å². The predicted molar refractivity (Wildman–Crippen MR) is 104 cm³/mol. The molecule has 0 aromatic rings. The Balaban J connectivity index is 4.55. The van der Waals surface area contributed by atoms with Crippen LogP contribution in [0.2, 0.25) is 0 Å². The van der Waals surface area contributed by atoms with E-state index in [0.717, 1.165) is 32.3 Å². The van der Waals surface area contributed by atoms with Crippen LogP contribution in [0.5, 0.6) is 0 Å². The molecule has 0 aliphatic heterocycles. The minimum atomic E-state index is -3.17. The highest BCUT2D eigenvalue weighted by Crippen LogP contribution is 2.45. The average Bonchev–Trinajstić information content (AvgIpc) is 2.21. The van der Waals surface area contributed by atoms with Gasteiger partial charge < -0.3 is 4.74 Å². The summed E-state index contributed by atoms with van der Waals surface area (Å²) in [7, 11) is -3.17. The van der Waals surface area contributed by atoms with Gasteiger partial charge in [-0.15, -0.1) is 0 Å². The Bertz CT molecular complexity index is 485. The van der Waals surface area contributed by atoms with Gasteiger partial charge in [-0.3, -0.25) is 0 Å². The first kappa shape index (κ1) is 23.9. The molecule has 0 heterocycles. The van der Waals surface area contributed by atoms with Crippen LogP contribution in [-0.4, -0.2) is 32.4 Å². The number of sulfonamides is 1. The largest absolute Gasteiger partial charge is 0.376 e. The van der Waals surface area contributed by atoms with Crippen molar-refractivity contribution in [3.63, 3.8) is 0 Å². The van der Waals surface area contributed by atoms with Crippen molar-refractivity contribution in [2.45, 2.75) is 99.1 Å². The van der Waals surface area contributed by atoms with E-state index in [4.69, 9.17) is 4.74 Å². The van der Waals surface area contributed by atoms with Gasteiger partial charge in [-0.25, -0.2) is 13.1 Å². The molecule has 0 rings (SSSR count). The van der Waals surface area contributed by atoms with E-state index in [1.54, 1.807) is 0 Å². The summed E-state index contributed by atoms with van der Waals surface area (Å²) in [6.45, 7) is 20.1. The molecule has 0 aliphatic carbocycles. The molecule has 0 atom stereocenters. The van der Waals surface area contributed by atoms with Gasteiger partial charge in [-0.1, -0.05) is 34.1 Å². The maximum atomic E-state index is 11.4. The van der Waals surface area contributed by atoms with E-state index >= 15 is 0 Å². The Morgan fingerprint density at radius 3 is 1.67 bits per heavy atom. The SMILES string of the molecule is CC(C)(CCCC(C)(C)C(C)(C)CCOC(C)(C)C)NS(C)(=O)=O. The zero-order valence-electron chi connectivity index (χ0n) is 17.7. The summed E-state index contributed by atoms with van der Waals surface area (Å²) >= 11 is 0. The Labute approximate surface area is 151 Å². The lowest BCUT2D eigenvalue weighted by Gasteiger charge is -2.43. The van der Waals surface area contributed by atoms with Gasteiger partial charge >= 0.3 is 0 Å². The van der Waals surface area contributed by atoms with Crippen LogP contribution in [0.4, 0.5) is 0 Å². The van der Waals surface area contributed by atoms with Crippen molar-refractivity contribution in [1.29, 1.82) is 0 Å². The van der Waals surface area contributed by atoms with Gasteiger partial charge in [0.2, 0.25) is 10.0 Å². The number of hydrogen-bond donors (Lipinski definition) is 1. The van der Waals surface area contributed by atoms with E-state index in [1.165, 1.54) is 6.26 Å². The third-order valence-electron chi connectivity index (χ3n) is 5.16. The van der Waals surface area contributed by atoms with Crippen molar-refractivity contribution in [1.82, 2.24) is 4.72 Å². The minimum absolute atomic E-state index is 0.0957. The maximum absolute atomic E-state index is 11.4. The van der Waals surface area contributed by atoms with Gasteiger partial charge in [0.05, 0.1) is 11.9 Å². The lowest BCUT2D eigenvalue weighted by molar-refractivity contribution is -0.0338. The molecular formula is C19H41NO3S. The molecule has 0 amide bonds. The van der Waals surface area contributed by atoms with Crippen molar-refractivity contribution >= 4 is 10.0 Å². The van der Waals surface area contributed by atoms with Crippen LogP contribution in [0.3, 0.4) is 0 Å². The molecule has 24 heavy (non-hydrogen) atoms. The Hall–Kier alpha value is -0.130. The molecule has 1 N–H and O–H groups in total. The van der Waals surface area contributed by atoms with Crippen molar-refractivity contribution in [2.24, 2.45) is 10.8 Å². The molecule has 5 heteroatoms. The van der Waals surface area contributed by atoms with Crippen LogP contribution < -0.4 is 4.72 Å². The molecule has 0 fully saturated rings. The standard InChI is InChI=1S/C19H41NO3S/c1-16(2,3)23-15-14-18(6,7)17(4,5)12-11-13-19(8,9)20-24(10,21)22/h20H,11-15H2,1-10H3. The molecule has 146 valence electrons. The summed E-state index contributed by atoms with van der Waals surface area (Å²) in [5.74, 6) is 0. The summed E-state index contributed by atoms with van der Waals surface area (Å²) in [5, 5.41) is 0. The second-order valence-electron chi connectivity index (χ2n) is 10.1. The number of nitrogens with one attached hydrogen (secondary N) is 1. The van der Waals surface area contributed by atoms with Crippen LogP contribution in [0.25, 0.3) is 0 Å². The fourth-order valence-corrected chi connectivity index (χ4v) is 3.92. The van der Waals surface area contributed by atoms with Gasteiger partial charge in [-0.05, 0) is 64.7 Å². The Morgan fingerprint density at radius 1 is 0.792 bits per heavy atom. The topological polar surface area (TPSA) is 55.4 Å². The van der Waals surface area contributed by atoms with E-state index in [1.807, 2.05) is 13.8 Å². The van der Waals surface area contributed by atoms with Gasteiger partial charge in [0.15, 0.2) is 0 Å². The lowest BCUT2D eigenvalue weighted by atomic mass is 9.63. The van der Waals surface area contributed by atoms with Crippen molar-refractivity contribution in [2.75, 3.05) is 12.9 Å². The molecule has 0 bridgehead atoms. The number of rotatable bonds is 10. The quantitative estimate of drug-likeness (QED) is 0.610. The Kier molecular flexibility index (Phi) is 8.00. The fourth-order valence-electron chi connectivity index (χ4n) is 2.81. The summed E-state index contributed by atoms with van der Waals surface area (Å²) in [4.78, 5) is 0. The first-order valence-corrected chi connectivity index (χ1v) is 10.9. The van der Waals surface area contributed by atoms with Crippen LogP contribution >= 0.6 is 0 Å². The normalized spacial score (nSPS) is 14.9. The van der Waals surface area contributed by atoms with E-state index < -0.39 is 15.6 Å². The monoisotopic (exact) mass is 363 g/mol. The van der Waals surface area contributed by atoms with Crippen LogP contribution in [-0.2, 0) is 14.8 Å². The third kappa shape index (κ3) is 10.00. The number of ether oxygens (including phenoxy) is 1. The molecule has 0 radical (unpaired) electrons. The first-order chi connectivity index (χ1) is 10.4. The van der Waals surface area contributed by atoms with Crippen molar-refractivity contribution in [3.8, 4) is 0 Å². The predicted octanol–water partition coefficient (Wildman–Crippen LogP) is 4.74.